The molecule has 0 bridgehead atoms. The molecule has 1 aromatic carbocycles. The first kappa shape index (κ1) is 70.2. The number of anilines is 1. The number of imide groups is 1. The number of unbranched alkanes of at least 4 members (excludes halogenated alkanes) is 26. The van der Waals surface area contributed by atoms with Gasteiger partial charge >= 0.3 is 47.6 Å². The number of nitrogens with one attached hydrogen (secondary N) is 2. The fourth-order valence-electron chi connectivity index (χ4n) is 8.86. The van der Waals surface area contributed by atoms with Gasteiger partial charge in [0.25, 0.3) is 7.82 Å². The van der Waals surface area contributed by atoms with E-state index in [-0.39, 0.29) is 105 Å². The van der Waals surface area contributed by atoms with E-state index in [0.29, 0.717) is 31.4 Å². The predicted octanol–water partition coefficient (Wildman–Crippen LogP) is 9.45. The number of rotatable bonds is 48. The maximum atomic E-state index is 12.8. The number of ether oxygens (including phenoxy) is 3. The molecule has 1 heterocycles. The van der Waals surface area contributed by atoms with Crippen LogP contribution in [0, 0.1) is 5.92 Å². The molecule has 2 unspecified atom stereocenters. The molecule has 2 N–H and O–H groups in total. The number of phosphoric acid groups is 1. The van der Waals surface area contributed by atoms with Crippen molar-refractivity contribution >= 4 is 49.3 Å². The van der Waals surface area contributed by atoms with Crippen molar-refractivity contribution in [2.45, 2.75) is 245 Å². The van der Waals surface area contributed by atoms with Crippen molar-refractivity contribution in [2.75, 3.05) is 44.4 Å². The third kappa shape index (κ3) is 37.6. The van der Waals surface area contributed by atoms with Crippen LogP contribution in [0.25, 0.3) is 0 Å². The number of benzene rings is 1. The Balaban J connectivity index is 0.0000281. The Labute approximate surface area is 473 Å². The van der Waals surface area contributed by atoms with Crippen molar-refractivity contribution < 1.29 is 91.0 Å². The van der Waals surface area contributed by atoms with E-state index in [1.807, 2.05) is 12.1 Å². The van der Waals surface area contributed by atoms with Crippen LogP contribution in [0.15, 0.2) is 24.3 Å². The summed E-state index contributed by atoms with van der Waals surface area (Å²) in [4.78, 5) is 88.2. The maximum Gasteiger partial charge on any atom is 1.00 e. The molecule has 0 aromatic heterocycles. The Hall–Kier alpha value is -2.85. The number of phosphoric ester groups is 1. The van der Waals surface area contributed by atoms with E-state index in [4.69, 9.17) is 23.3 Å². The Morgan fingerprint density at radius 1 is 0.600 bits per heavy atom. The van der Waals surface area contributed by atoms with Crippen molar-refractivity contribution in [1.82, 2.24) is 10.6 Å². The topological polar surface area (TPSA) is 216 Å². The molecule has 0 saturated carbocycles. The second-order valence-corrected chi connectivity index (χ2v) is 21.6. The molecule has 18 heteroatoms. The van der Waals surface area contributed by atoms with Gasteiger partial charge in [0.15, 0.2) is 6.10 Å². The summed E-state index contributed by atoms with van der Waals surface area (Å²) in [6, 6.07) is 7.12. The summed E-state index contributed by atoms with van der Waals surface area (Å²) in [6.45, 7) is 4.47. The molecule has 2 rings (SSSR count). The van der Waals surface area contributed by atoms with Gasteiger partial charge in [0.1, 0.15) is 13.2 Å². The number of hydrogen-bond donors (Lipinski definition) is 2. The Morgan fingerprint density at radius 3 is 1.55 bits per heavy atom. The molecule has 4 amide bonds. The molecular formula is C57H97N3NaO13P. The van der Waals surface area contributed by atoms with Crippen LogP contribution in [0.5, 0.6) is 0 Å². The molecule has 1 saturated heterocycles. The summed E-state index contributed by atoms with van der Waals surface area (Å²) < 4.78 is 38.6. The smallest absolute Gasteiger partial charge is 0.756 e. The number of esters is 2. The number of hydrogen-bond acceptors (Lipinski definition) is 13. The molecule has 1 aliphatic rings. The van der Waals surface area contributed by atoms with Crippen molar-refractivity contribution in [3.63, 3.8) is 0 Å². The summed E-state index contributed by atoms with van der Waals surface area (Å²) in [7, 11) is -4.92. The largest absolute Gasteiger partial charge is 1.00 e. The summed E-state index contributed by atoms with van der Waals surface area (Å²) in [5.41, 5.74) is 1.49. The van der Waals surface area contributed by atoms with Gasteiger partial charge in [0, 0.05) is 38.1 Å². The Morgan fingerprint density at radius 2 is 1.07 bits per heavy atom. The predicted molar refractivity (Wildman–Crippen MR) is 288 cm³/mol. The molecule has 0 radical (unpaired) electrons. The van der Waals surface area contributed by atoms with Crippen molar-refractivity contribution in [2.24, 2.45) is 5.92 Å². The minimum absolute atomic E-state index is 0. The first-order valence-electron chi connectivity index (χ1n) is 28.9. The monoisotopic (exact) mass is 1090 g/mol. The van der Waals surface area contributed by atoms with E-state index < -0.39 is 45.2 Å². The van der Waals surface area contributed by atoms with Gasteiger partial charge in [-0.3, -0.25) is 33.4 Å². The number of alkyl carbamates (subject to hydrolysis) is 1. The van der Waals surface area contributed by atoms with Gasteiger partial charge in [-0.2, -0.15) is 0 Å². The molecular weight excluding hydrogens is 989 g/mol. The number of carbonyl (C=O) groups excluding carboxylic acids is 6. The zero-order valence-corrected chi connectivity index (χ0v) is 49.8. The van der Waals surface area contributed by atoms with Crippen molar-refractivity contribution in [1.29, 1.82) is 0 Å². The maximum absolute atomic E-state index is 12.8. The van der Waals surface area contributed by atoms with Crippen LogP contribution in [-0.4, -0.2) is 81.4 Å². The number of aryl methyl sites for hydroxylation is 1. The number of nitrogens with zero attached hydrogens (tertiary/aromatic N) is 1. The molecule has 3 atom stereocenters. The van der Waals surface area contributed by atoms with Gasteiger partial charge in [0.2, 0.25) is 17.7 Å². The summed E-state index contributed by atoms with van der Waals surface area (Å²) in [6.07, 6.45) is 33.3. The fraction of sp³-hybridized carbons (Fsp3) is 0.789. The molecule has 1 fully saturated rings. The molecule has 16 nitrogen and oxygen atoms in total. The van der Waals surface area contributed by atoms with E-state index in [1.165, 1.54) is 133 Å². The van der Waals surface area contributed by atoms with E-state index in [0.717, 1.165) is 44.1 Å². The van der Waals surface area contributed by atoms with Crippen LogP contribution in [0.1, 0.15) is 238 Å². The SMILES string of the molecule is CCCCCCCCCCCCCCCCC(=O)OC[C@H](COP(=O)([O-])OCCNC(=O)OCCNC(=O)CCCc1ccc(N2C(=O)CC(C)C2=O)cc1)OC(=O)CCCCCCCCCCCCCCCC.[Na+]. The Bertz CT molecular complexity index is 1740. The van der Waals surface area contributed by atoms with Crippen LogP contribution in [-0.2, 0) is 58.2 Å². The molecule has 1 aliphatic heterocycles. The molecule has 0 spiro atoms. The first-order chi connectivity index (χ1) is 35.8. The standard InChI is InChI=1S/C57H98N3O13P.Na/c1-4-6-8-10-12-14-16-18-20-22-24-26-28-30-35-54(63)70-46-51(73-55(64)36-31-29-27-25-23-21-19-17-15-13-11-9-7-5-2)47-72-74(67,68)71-44-42-59-57(66)69-43-41-58-52(61)34-32-33-49-37-39-50(40-38-49)60-53(62)45-48(3)56(60)65;/h37-40,48,51H,4-36,41-47H2,1-3H3,(H,58,61)(H,59,66)(H,67,68);/q;+1/p-1/t48?,51-;/m1./s1. The van der Waals surface area contributed by atoms with E-state index >= 15 is 0 Å². The van der Waals surface area contributed by atoms with E-state index in [2.05, 4.69) is 24.5 Å². The third-order valence-corrected chi connectivity index (χ3v) is 14.3. The van der Waals surface area contributed by atoms with Crippen LogP contribution >= 0.6 is 7.82 Å². The fourth-order valence-corrected chi connectivity index (χ4v) is 9.60. The van der Waals surface area contributed by atoms with Crippen LogP contribution in [0.3, 0.4) is 0 Å². The second kappa shape index (κ2) is 46.1. The summed E-state index contributed by atoms with van der Waals surface area (Å²) in [5.74, 6) is -1.96. The van der Waals surface area contributed by atoms with Gasteiger partial charge in [-0.15, -0.1) is 0 Å². The zero-order valence-electron chi connectivity index (χ0n) is 47.0. The zero-order chi connectivity index (χ0) is 53.9. The van der Waals surface area contributed by atoms with Gasteiger partial charge in [0.05, 0.1) is 25.4 Å². The molecule has 1 aromatic rings. The second-order valence-electron chi connectivity index (χ2n) is 20.2. The third-order valence-electron chi connectivity index (χ3n) is 13.3. The number of carbonyl (C=O) groups is 6. The average Bonchev–Trinajstić information content (AvgIpc) is 3.64. The molecule has 75 heavy (non-hydrogen) atoms. The summed E-state index contributed by atoms with van der Waals surface area (Å²) in [5, 5.41) is 5.04. The summed E-state index contributed by atoms with van der Waals surface area (Å²) >= 11 is 0. The van der Waals surface area contributed by atoms with Gasteiger partial charge < -0.3 is 38.8 Å². The molecule has 424 valence electrons. The van der Waals surface area contributed by atoms with E-state index in [1.54, 1.807) is 19.1 Å². The van der Waals surface area contributed by atoms with Gasteiger partial charge in [-0.1, -0.05) is 200 Å². The van der Waals surface area contributed by atoms with Crippen LogP contribution in [0.2, 0.25) is 0 Å². The van der Waals surface area contributed by atoms with Gasteiger partial charge in [-0.05, 0) is 43.4 Å². The number of amides is 4. The average molecular weight is 1090 g/mol. The normalized spacial score (nSPS) is 14.5. The minimum Gasteiger partial charge on any atom is -0.756 e. The minimum atomic E-state index is -4.92. The first-order valence-corrected chi connectivity index (χ1v) is 30.4. The van der Waals surface area contributed by atoms with Crippen LogP contribution in [0.4, 0.5) is 10.5 Å². The van der Waals surface area contributed by atoms with Crippen molar-refractivity contribution in [3.05, 3.63) is 29.8 Å². The Kier molecular flexibility index (Phi) is 43.1. The quantitative estimate of drug-likeness (QED) is 0.0155. The van der Waals surface area contributed by atoms with Gasteiger partial charge in [-0.25, -0.2) is 4.79 Å². The molecule has 0 aliphatic carbocycles. The van der Waals surface area contributed by atoms with Crippen molar-refractivity contribution in [3.8, 4) is 0 Å². The van der Waals surface area contributed by atoms with E-state index in [9.17, 15) is 38.2 Å². The van der Waals surface area contributed by atoms with Crippen LogP contribution < -0.4 is 50.0 Å².